The second kappa shape index (κ2) is 1.75. The van der Waals surface area contributed by atoms with Crippen molar-refractivity contribution in [1.82, 2.24) is 10.2 Å². The van der Waals surface area contributed by atoms with Crippen LogP contribution in [-0.4, -0.2) is 10.2 Å². The van der Waals surface area contributed by atoms with Crippen LogP contribution >= 0.6 is 0 Å². The van der Waals surface area contributed by atoms with E-state index in [2.05, 4.69) is 24.0 Å². The number of hydrogen-bond donors (Lipinski definition) is 1. The van der Waals surface area contributed by atoms with Gasteiger partial charge in [0.1, 0.15) is 0 Å². The highest BCUT2D eigenvalue weighted by Crippen LogP contribution is 2.58. The van der Waals surface area contributed by atoms with Gasteiger partial charge in [-0.1, -0.05) is 18.9 Å². The van der Waals surface area contributed by atoms with E-state index in [4.69, 9.17) is 10.2 Å². The standard InChI is InChI=1S/C7H11N3O/c1-7(2)3-4(7)5-9-10-6(8)11-5/h4H,3H2,1-2H3,(H2,8,10). The van der Waals surface area contributed by atoms with E-state index in [1.165, 1.54) is 0 Å². The molecule has 60 valence electrons. The number of hydrogen-bond acceptors (Lipinski definition) is 4. The number of nitrogens with two attached hydrogens (primary N) is 1. The molecule has 4 nitrogen and oxygen atoms in total. The molecule has 1 aliphatic rings. The molecule has 0 aliphatic heterocycles. The largest absolute Gasteiger partial charge is 0.408 e. The van der Waals surface area contributed by atoms with E-state index < -0.39 is 0 Å². The van der Waals surface area contributed by atoms with E-state index >= 15 is 0 Å². The van der Waals surface area contributed by atoms with Crippen molar-refractivity contribution in [2.75, 3.05) is 5.73 Å². The van der Waals surface area contributed by atoms with Crippen LogP contribution in [0.1, 0.15) is 32.1 Å². The number of rotatable bonds is 1. The van der Waals surface area contributed by atoms with E-state index in [1.54, 1.807) is 0 Å². The molecule has 0 aromatic carbocycles. The number of anilines is 1. The predicted molar refractivity (Wildman–Crippen MR) is 39.8 cm³/mol. The molecule has 1 fully saturated rings. The average Bonchev–Trinajstić information content (AvgIpc) is 2.39. The maximum absolute atomic E-state index is 5.29. The number of nitrogen functional groups attached to an aromatic ring is 1. The zero-order valence-corrected chi connectivity index (χ0v) is 6.66. The van der Waals surface area contributed by atoms with Crippen molar-refractivity contribution in [2.24, 2.45) is 5.41 Å². The van der Waals surface area contributed by atoms with Crippen molar-refractivity contribution >= 4 is 6.01 Å². The lowest BCUT2D eigenvalue weighted by Gasteiger charge is -1.95. The summed E-state index contributed by atoms with van der Waals surface area (Å²) in [6, 6.07) is 0.169. The SMILES string of the molecule is CC1(C)CC1c1nnc(N)o1. The highest BCUT2D eigenvalue weighted by atomic mass is 16.4. The van der Waals surface area contributed by atoms with Gasteiger partial charge in [-0.3, -0.25) is 0 Å². The second-order valence-electron chi connectivity index (χ2n) is 3.72. The van der Waals surface area contributed by atoms with Gasteiger partial charge in [-0.2, -0.15) is 0 Å². The molecular weight excluding hydrogens is 142 g/mol. The molecule has 1 aromatic heterocycles. The fourth-order valence-electron chi connectivity index (χ4n) is 1.28. The summed E-state index contributed by atoms with van der Waals surface area (Å²) in [6.07, 6.45) is 1.12. The third-order valence-electron chi connectivity index (χ3n) is 2.27. The normalized spacial score (nSPS) is 26.9. The van der Waals surface area contributed by atoms with Crippen LogP contribution in [0.15, 0.2) is 4.42 Å². The van der Waals surface area contributed by atoms with Crippen molar-refractivity contribution < 1.29 is 4.42 Å². The molecule has 1 atom stereocenters. The van der Waals surface area contributed by atoms with Crippen molar-refractivity contribution in [2.45, 2.75) is 26.2 Å². The summed E-state index contributed by atoms with van der Waals surface area (Å²) in [6.45, 7) is 4.36. The molecule has 0 bridgehead atoms. The minimum Gasteiger partial charge on any atom is -0.408 e. The third-order valence-corrected chi connectivity index (χ3v) is 2.27. The van der Waals surface area contributed by atoms with Crippen molar-refractivity contribution in [3.8, 4) is 0 Å². The van der Waals surface area contributed by atoms with Gasteiger partial charge in [-0.15, -0.1) is 5.10 Å². The molecule has 1 saturated carbocycles. The Morgan fingerprint density at radius 3 is 2.55 bits per heavy atom. The monoisotopic (exact) mass is 153 g/mol. The van der Waals surface area contributed by atoms with Crippen LogP contribution in [0.3, 0.4) is 0 Å². The Bertz CT molecular complexity index is 279. The van der Waals surface area contributed by atoms with Gasteiger partial charge in [0.05, 0.1) is 0 Å². The van der Waals surface area contributed by atoms with Crippen molar-refractivity contribution in [3.63, 3.8) is 0 Å². The van der Waals surface area contributed by atoms with Crippen LogP contribution in [0.2, 0.25) is 0 Å². The summed E-state index contributed by atoms with van der Waals surface area (Å²) in [5, 5.41) is 7.44. The van der Waals surface area contributed by atoms with Crippen LogP contribution in [0, 0.1) is 5.41 Å². The van der Waals surface area contributed by atoms with E-state index in [9.17, 15) is 0 Å². The minimum atomic E-state index is 0.169. The van der Waals surface area contributed by atoms with E-state index in [-0.39, 0.29) is 6.01 Å². The van der Waals surface area contributed by atoms with Gasteiger partial charge < -0.3 is 10.2 Å². The van der Waals surface area contributed by atoms with Gasteiger partial charge in [-0.05, 0) is 11.8 Å². The quantitative estimate of drug-likeness (QED) is 0.657. The highest BCUT2D eigenvalue weighted by molar-refractivity contribution is 5.16. The molecule has 1 aromatic rings. The molecule has 1 heterocycles. The zero-order valence-electron chi connectivity index (χ0n) is 6.66. The molecule has 0 amide bonds. The Labute approximate surface area is 64.8 Å². The summed E-state index contributed by atoms with van der Waals surface area (Å²) in [7, 11) is 0. The lowest BCUT2D eigenvalue weighted by atomic mass is 10.1. The molecule has 2 rings (SSSR count). The lowest BCUT2D eigenvalue weighted by Crippen LogP contribution is -1.89. The Morgan fingerprint density at radius 1 is 1.55 bits per heavy atom. The smallest absolute Gasteiger partial charge is 0.312 e. The maximum Gasteiger partial charge on any atom is 0.312 e. The minimum absolute atomic E-state index is 0.169. The fourth-order valence-corrected chi connectivity index (χ4v) is 1.28. The lowest BCUT2D eigenvalue weighted by molar-refractivity contribution is 0.479. The summed E-state index contributed by atoms with van der Waals surface area (Å²) in [4.78, 5) is 0. The first-order valence-corrected chi connectivity index (χ1v) is 3.68. The average molecular weight is 153 g/mol. The predicted octanol–water partition coefficient (Wildman–Crippen LogP) is 1.17. The molecular formula is C7H11N3O. The second-order valence-corrected chi connectivity index (χ2v) is 3.72. The van der Waals surface area contributed by atoms with Gasteiger partial charge in [0.25, 0.3) is 0 Å². The van der Waals surface area contributed by atoms with Gasteiger partial charge in [0, 0.05) is 5.92 Å². The van der Waals surface area contributed by atoms with Crippen LogP contribution in [0.25, 0.3) is 0 Å². The fraction of sp³-hybridized carbons (Fsp3) is 0.714. The van der Waals surface area contributed by atoms with E-state index in [0.717, 1.165) is 6.42 Å². The van der Waals surface area contributed by atoms with Crippen molar-refractivity contribution in [3.05, 3.63) is 5.89 Å². The molecule has 1 unspecified atom stereocenters. The zero-order chi connectivity index (χ0) is 8.06. The first-order chi connectivity index (χ1) is 5.09. The topological polar surface area (TPSA) is 64.9 Å². The number of aromatic nitrogens is 2. The molecule has 0 saturated heterocycles. The Morgan fingerprint density at radius 2 is 2.18 bits per heavy atom. The first kappa shape index (κ1) is 6.64. The molecule has 11 heavy (non-hydrogen) atoms. The Kier molecular flexibility index (Phi) is 1.06. The maximum atomic E-state index is 5.29. The third kappa shape index (κ3) is 0.982. The molecule has 4 heteroatoms. The van der Waals surface area contributed by atoms with Gasteiger partial charge in [-0.25, -0.2) is 0 Å². The van der Waals surface area contributed by atoms with Gasteiger partial charge in [0.2, 0.25) is 5.89 Å². The Balaban J connectivity index is 2.20. The molecule has 0 radical (unpaired) electrons. The summed E-state index contributed by atoms with van der Waals surface area (Å²) < 4.78 is 5.10. The van der Waals surface area contributed by atoms with Crippen molar-refractivity contribution in [1.29, 1.82) is 0 Å². The van der Waals surface area contributed by atoms with Crippen LogP contribution in [0.5, 0.6) is 0 Å². The van der Waals surface area contributed by atoms with E-state index in [0.29, 0.717) is 17.2 Å². The molecule has 0 spiro atoms. The summed E-state index contributed by atoms with van der Waals surface area (Å²) in [5.41, 5.74) is 5.62. The summed E-state index contributed by atoms with van der Waals surface area (Å²) in [5.74, 6) is 1.11. The summed E-state index contributed by atoms with van der Waals surface area (Å²) >= 11 is 0. The molecule has 2 N–H and O–H groups in total. The highest BCUT2D eigenvalue weighted by Gasteiger charge is 2.50. The first-order valence-electron chi connectivity index (χ1n) is 3.68. The van der Waals surface area contributed by atoms with Crippen LogP contribution in [0.4, 0.5) is 6.01 Å². The van der Waals surface area contributed by atoms with Crippen LogP contribution < -0.4 is 5.73 Å². The van der Waals surface area contributed by atoms with Crippen LogP contribution in [-0.2, 0) is 0 Å². The Hall–Kier alpha value is -1.06. The van der Waals surface area contributed by atoms with Gasteiger partial charge >= 0.3 is 6.01 Å². The van der Waals surface area contributed by atoms with E-state index in [1.807, 2.05) is 0 Å². The van der Waals surface area contributed by atoms with Gasteiger partial charge in [0.15, 0.2) is 0 Å². The number of nitrogens with zero attached hydrogens (tertiary/aromatic N) is 2. The molecule has 1 aliphatic carbocycles.